The zero-order valence-corrected chi connectivity index (χ0v) is 10.9. The van der Waals surface area contributed by atoms with E-state index in [1.54, 1.807) is 0 Å². The number of unbranched alkanes of at least 4 members (excludes halogenated alkanes) is 3. The van der Waals surface area contributed by atoms with Gasteiger partial charge < -0.3 is 5.11 Å². The Hall–Kier alpha value is 0.390. The third kappa shape index (κ3) is 8.97. The quantitative estimate of drug-likeness (QED) is 0.436. The third-order valence-electron chi connectivity index (χ3n) is 2.46. The van der Waals surface area contributed by atoms with E-state index in [1.807, 2.05) is 0 Å². The zero-order chi connectivity index (χ0) is 10.6. The molecule has 0 bridgehead atoms. The van der Waals surface area contributed by atoms with Crippen molar-refractivity contribution in [1.29, 1.82) is 0 Å². The highest BCUT2D eigenvalue weighted by Crippen LogP contribution is 2.37. The van der Waals surface area contributed by atoms with Gasteiger partial charge in [0, 0.05) is 6.61 Å². The van der Waals surface area contributed by atoms with Gasteiger partial charge in [0.1, 0.15) is 0 Å². The van der Waals surface area contributed by atoms with Gasteiger partial charge in [-0.05, 0) is 31.3 Å². The molecule has 0 unspecified atom stereocenters. The standard InChI is InChI=1S/C12H27OP/c1-3-10-14(11-4-2)12-8-6-5-7-9-13/h13H,3-12H2,1-2H3. The lowest BCUT2D eigenvalue weighted by Gasteiger charge is -2.15. The summed E-state index contributed by atoms with van der Waals surface area (Å²) >= 11 is 0. The Labute approximate surface area is 91.0 Å². The van der Waals surface area contributed by atoms with Crippen molar-refractivity contribution in [1.82, 2.24) is 0 Å². The Kier molecular flexibility index (Phi) is 11.8. The number of hydrogen-bond acceptors (Lipinski definition) is 1. The minimum absolute atomic E-state index is 0.356. The Morgan fingerprint density at radius 1 is 0.786 bits per heavy atom. The first-order chi connectivity index (χ1) is 6.85. The lowest BCUT2D eigenvalue weighted by atomic mass is 10.2. The molecule has 0 aromatic heterocycles. The van der Waals surface area contributed by atoms with Crippen LogP contribution in [0.3, 0.4) is 0 Å². The summed E-state index contributed by atoms with van der Waals surface area (Å²) in [4.78, 5) is 0. The molecule has 0 fully saturated rings. The van der Waals surface area contributed by atoms with Crippen molar-refractivity contribution in [2.75, 3.05) is 25.1 Å². The van der Waals surface area contributed by atoms with Crippen LogP contribution in [-0.2, 0) is 0 Å². The molecule has 0 aliphatic carbocycles. The summed E-state index contributed by atoms with van der Waals surface area (Å²) in [5, 5.41) is 8.65. The molecule has 0 rings (SSSR count). The number of rotatable bonds is 10. The average Bonchev–Trinajstić information content (AvgIpc) is 2.18. The summed E-state index contributed by atoms with van der Waals surface area (Å²) < 4.78 is 0. The Morgan fingerprint density at radius 2 is 1.36 bits per heavy atom. The molecule has 0 atom stereocenters. The van der Waals surface area contributed by atoms with Crippen LogP contribution in [0.5, 0.6) is 0 Å². The Bertz CT molecular complexity index is 100. The molecular weight excluding hydrogens is 191 g/mol. The lowest BCUT2D eigenvalue weighted by Crippen LogP contribution is -1.94. The second kappa shape index (κ2) is 11.5. The third-order valence-corrected chi connectivity index (χ3v) is 5.57. The monoisotopic (exact) mass is 218 g/mol. The molecule has 0 heterocycles. The average molecular weight is 218 g/mol. The number of aliphatic hydroxyl groups excluding tert-OH is 1. The topological polar surface area (TPSA) is 20.2 Å². The first-order valence-corrected chi connectivity index (χ1v) is 8.08. The zero-order valence-electron chi connectivity index (χ0n) is 9.97. The van der Waals surface area contributed by atoms with Crippen molar-refractivity contribution in [3.8, 4) is 0 Å². The van der Waals surface area contributed by atoms with Crippen molar-refractivity contribution in [3.05, 3.63) is 0 Å². The minimum atomic E-state index is 0.356. The SMILES string of the molecule is CCCP(CCC)CCCCCCO. The molecule has 0 amide bonds. The molecule has 1 nitrogen and oxygen atoms in total. The van der Waals surface area contributed by atoms with Crippen LogP contribution in [0.4, 0.5) is 0 Å². The van der Waals surface area contributed by atoms with E-state index in [9.17, 15) is 0 Å². The van der Waals surface area contributed by atoms with E-state index < -0.39 is 0 Å². The van der Waals surface area contributed by atoms with Gasteiger partial charge in [-0.25, -0.2) is 0 Å². The van der Waals surface area contributed by atoms with Crippen LogP contribution in [0.25, 0.3) is 0 Å². The summed E-state index contributed by atoms with van der Waals surface area (Å²) in [6.45, 7) is 4.98. The van der Waals surface area contributed by atoms with Gasteiger partial charge in [0.2, 0.25) is 0 Å². The molecule has 0 aromatic rings. The summed E-state index contributed by atoms with van der Waals surface area (Å²) in [6, 6.07) is 0. The fourth-order valence-corrected chi connectivity index (χ4v) is 4.38. The fourth-order valence-electron chi connectivity index (χ4n) is 1.77. The van der Waals surface area contributed by atoms with Crippen LogP contribution in [0.2, 0.25) is 0 Å². The summed E-state index contributed by atoms with van der Waals surface area (Å²) in [5.41, 5.74) is 0. The van der Waals surface area contributed by atoms with Crippen LogP contribution < -0.4 is 0 Å². The molecule has 14 heavy (non-hydrogen) atoms. The van der Waals surface area contributed by atoms with Crippen molar-refractivity contribution in [3.63, 3.8) is 0 Å². The maximum absolute atomic E-state index is 8.65. The second-order valence-corrected chi connectivity index (χ2v) is 6.66. The highest BCUT2D eigenvalue weighted by Gasteiger charge is 2.04. The van der Waals surface area contributed by atoms with E-state index >= 15 is 0 Å². The van der Waals surface area contributed by atoms with Gasteiger partial charge in [-0.2, -0.15) is 0 Å². The molecule has 0 aliphatic heterocycles. The molecule has 0 aliphatic rings. The highest BCUT2D eigenvalue weighted by atomic mass is 31.1. The maximum atomic E-state index is 8.65. The number of aliphatic hydroxyl groups is 1. The lowest BCUT2D eigenvalue weighted by molar-refractivity contribution is 0.283. The van der Waals surface area contributed by atoms with Crippen LogP contribution in [0.15, 0.2) is 0 Å². The summed E-state index contributed by atoms with van der Waals surface area (Å²) in [6.07, 6.45) is 12.1. The molecular formula is C12H27OP. The van der Waals surface area contributed by atoms with Crippen LogP contribution in [-0.4, -0.2) is 30.2 Å². The first-order valence-electron chi connectivity index (χ1n) is 6.18. The highest BCUT2D eigenvalue weighted by molar-refractivity contribution is 7.57. The van der Waals surface area contributed by atoms with Crippen LogP contribution in [0.1, 0.15) is 52.4 Å². The molecule has 0 spiro atoms. The first kappa shape index (κ1) is 14.4. The van der Waals surface area contributed by atoms with Gasteiger partial charge in [-0.3, -0.25) is 0 Å². The fraction of sp³-hybridized carbons (Fsp3) is 1.00. The smallest absolute Gasteiger partial charge is 0.0431 e. The van der Waals surface area contributed by atoms with E-state index in [-0.39, 0.29) is 0 Å². The van der Waals surface area contributed by atoms with Gasteiger partial charge in [0.15, 0.2) is 0 Å². The van der Waals surface area contributed by atoms with Gasteiger partial charge in [0.05, 0.1) is 0 Å². The Morgan fingerprint density at radius 3 is 1.86 bits per heavy atom. The molecule has 2 heteroatoms. The molecule has 0 radical (unpaired) electrons. The van der Waals surface area contributed by atoms with Gasteiger partial charge >= 0.3 is 0 Å². The van der Waals surface area contributed by atoms with Crippen molar-refractivity contribution in [2.24, 2.45) is 0 Å². The van der Waals surface area contributed by atoms with E-state index in [0.29, 0.717) is 14.5 Å². The molecule has 0 aromatic carbocycles. The molecule has 1 N–H and O–H groups in total. The van der Waals surface area contributed by atoms with E-state index in [1.165, 1.54) is 50.6 Å². The van der Waals surface area contributed by atoms with Crippen LogP contribution >= 0.6 is 7.92 Å². The van der Waals surface area contributed by atoms with Crippen LogP contribution in [0, 0.1) is 0 Å². The summed E-state index contributed by atoms with van der Waals surface area (Å²) in [5.74, 6) is 0. The van der Waals surface area contributed by atoms with E-state index in [0.717, 1.165) is 6.42 Å². The van der Waals surface area contributed by atoms with E-state index in [2.05, 4.69) is 13.8 Å². The minimum Gasteiger partial charge on any atom is -0.396 e. The predicted octanol–water partition coefficient (Wildman–Crippen LogP) is 3.84. The van der Waals surface area contributed by atoms with Gasteiger partial charge in [-0.1, -0.05) is 39.5 Å². The largest absolute Gasteiger partial charge is 0.396 e. The normalized spacial score (nSPS) is 11.1. The molecule has 0 saturated carbocycles. The number of hydrogen-bond donors (Lipinski definition) is 1. The van der Waals surface area contributed by atoms with Crippen molar-refractivity contribution in [2.45, 2.75) is 52.4 Å². The second-order valence-electron chi connectivity index (χ2n) is 3.98. The molecule has 86 valence electrons. The predicted molar refractivity (Wildman–Crippen MR) is 67.7 cm³/mol. The van der Waals surface area contributed by atoms with Crippen molar-refractivity contribution >= 4 is 7.92 Å². The Balaban J connectivity index is 3.30. The molecule has 0 saturated heterocycles. The van der Waals surface area contributed by atoms with Crippen molar-refractivity contribution < 1.29 is 5.11 Å². The van der Waals surface area contributed by atoms with Gasteiger partial charge in [0.25, 0.3) is 0 Å². The summed E-state index contributed by atoms with van der Waals surface area (Å²) in [7, 11) is 0.356. The maximum Gasteiger partial charge on any atom is 0.0431 e. The van der Waals surface area contributed by atoms with Gasteiger partial charge in [-0.15, -0.1) is 7.92 Å². The van der Waals surface area contributed by atoms with E-state index in [4.69, 9.17) is 5.11 Å².